The van der Waals surface area contributed by atoms with E-state index in [1.165, 1.54) is 18.0 Å². The number of rotatable bonds is 4. The van der Waals surface area contributed by atoms with Gasteiger partial charge in [-0.25, -0.2) is 0 Å². The summed E-state index contributed by atoms with van der Waals surface area (Å²) in [6.07, 6.45) is 3.64. The van der Waals surface area contributed by atoms with Gasteiger partial charge >= 0.3 is 0 Å². The highest BCUT2D eigenvalue weighted by atomic mass is 35.5. The standard InChI is InChI=1S/C15H12ClN3O2S/c16-11-4-1-3-10(7-11)8-13-14(20)18-15(22-13)19-17-9-12-5-2-6-21-12/h1-7,9,13H,8H2,(H,18,19,20)/b17-9+. The third-order valence-corrected chi connectivity index (χ3v) is 4.27. The van der Waals surface area contributed by atoms with Crippen LogP contribution in [0, 0.1) is 0 Å². The monoisotopic (exact) mass is 333 g/mol. The van der Waals surface area contributed by atoms with Gasteiger partial charge in [-0.2, -0.15) is 5.10 Å². The molecule has 1 amide bonds. The maximum atomic E-state index is 11.9. The summed E-state index contributed by atoms with van der Waals surface area (Å²) in [7, 11) is 0. The summed E-state index contributed by atoms with van der Waals surface area (Å²) >= 11 is 7.31. The van der Waals surface area contributed by atoms with E-state index in [2.05, 4.69) is 15.5 Å². The first-order chi connectivity index (χ1) is 10.7. The van der Waals surface area contributed by atoms with E-state index in [0.717, 1.165) is 5.56 Å². The predicted octanol–water partition coefficient (Wildman–Crippen LogP) is 3.10. The van der Waals surface area contributed by atoms with E-state index in [4.69, 9.17) is 16.0 Å². The smallest absolute Gasteiger partial charge is 0.239 e. The molecule has 1 saturated heterocycles. The van der Waals surface area contributed by atoms with E-state index in [1.807, 2.05) is 24.3 Å². The maximum Gasteiger partial charge on any atom is 0.239 e. The first-order valence-corrected chi connectivity index (χ1v) is 7.83. The van der Waals surface area contributed by atoms with Gasteiger partial charge in [-0.05, 0) is 36.2 Å². The maximum absolute atomic E-state index is 11.9. The van der Waals surface area contributed by atoms with Crippen molar-refractivity contribution < 1.29 is 9.21 Å². The Kier molecular flexibility index (Phi) is 4.60. The van der Waals surface area contributed by atoms with E-state index in [9.17, 15) is 4.79 Å². The molecule has 0 aliphatic carbocycles. The number of carbonyl (C=O) groups is 1. The average Bonchev–Trinajstić information content (AvgIpc) is 3.10. The van der Waals surface area contributed by atoms with Gasteiger partial charge in [-0.3, -0.25) is 4.79 Å². The number of amidine groups is 1. The van der Waals surface area contributed by atoms with Crippen LogP contribution in [0.1, 0.15) is 11.3 Å². The quantitative estimate of drug-likeness (QED) is 0.690. The number of benzene rings is 1. The molecule has 1 aliphatic heterocycles. The Morgan fingerprint density at radius 2 is 2.27 bits per heavy atom. The van der Waals surface area contributed by atoms with E-state index in [1.54, 1.807) is 18.4 Å². The molecule has 0 bridgehead atoms. The summed E-state index contributed by atoms with van der Waals surface area (Å²) in [6, 6.07) is 11.0. The highest BCUT2D eigenvalue weighted by Crippen LogP contribution is 2.24. The molecule has 22 heavy (non-hydrogen) atoms. The lowest BCUT2D eigenvalue weighted by Crippen LogP contribution is -2.25. The van der Waals surface area contributed by atoms with Crippen LogP contribution < -0.4 is 5.32 Å². The van der Waals surface area contributed by atoms with Crippen LogP contribution >= 0.6 is 23.4 Å². The highest BCUT2D eigenvalue weighted by molar-refractivity contribution is 8.15. The fourth-order valence-electron chi connectivity index (χ4n) is 1.97. The molecule has 7 heteroatoms. The second kappa shape index (κ2) is 6.81. The Balaban J connectivity index is 1.63. The number of nitrogens with zero attached hydrogens (tertiary/aromatic N) is 2. The molecule has 5 nitrogen and oxygen atoms in total. The molecule has 112 valence electrons. The van der Waals surface area contributed by atoms with Crippen molar-refractivity contribution in [1.29, 1.82) is 0 Å². The minimum atomic E-state index is -0.226. The number of carbonyl (C=O) groups excluding carboxylic acids is 1. The number of hydrogen-bond donors (Lipinski definition) is 1. The number of halogens is 1. The summed E-state index contributed by atoms with van der Waals surface area (Å²) in [6.45, 7) is 0. The van der Waals surface area contributed by atoms with Gasteiger partial charge in [0.05, 0.1) is 17.7 Å². The zero-order valence-corrected chi connectivity index (χ0v) is 13.0. The zero-order chi connectivity index (χ0) is 15.4. The second-order valence-electron chi connectivity index (χ2n) is 4.59. The molecule has 0 radical (unpaired) electrons. The summed E-state index contributed by atoms with van der Waals surface area (Å²) in [5.74, 6) is 0.533. The Labute approximate surface area is 136 Å². The van der Waals surface area contributed by atoms with Gasteiger partial charge in [0.1, 0.15) is 5.76 Å². The second-order valence-corrected chi connectivity index (χ2v) is 6.22. The van der Waals surface area contributed by atoms with E-state index >= 15 is 0 Å². The van der Waals surface area contributed by atoms with E-state index in [-0.39, 0.29) is 11.2 Å². The van der Waals surface area contributed by atoms with Crippen molar-refractivity contribution >= 4 is 40.7 Å². The van der Waals surface area contributed by atoms with Crippen LogP contribution in [0.2, 0.25) is 5.02 Å². The van der Waals surface area contributed by atoms with Gasteiger partial charge in [0.25, 0.3) is 0 Å². The SMILES string of the molecule is O=C1N/C(=N\N=C\c2ccco2)SC1Cc1cccc(Cl)c1. The lowest BCUT2D eigenvalue weighted by molar-refractivity contribution is -0.118. The van der Waals surface area contributed by atoms with Crippen molar-refractivity contribution in [2.45, 2.75) is 11.7 Å². The molecule has 3 rings (SSSR count). The Bertz CT molecular complexity index is 728. The molecule has 2 heterocycles. The van der Waals surface area contributed by atoms with Crippen LogP contribution in [0.3, 0.4) is 0 Å². The van der Waals surface area contributed by atoms with Crippen molar-refractivity contribution in [3.63, 3.8) is 0 Å². The van der Waals surface area contributed by atoms with Crippen molar-refractivity contribution in [2.24, 2.45) is 10.2 Å². The van der Waals surface area contributed by atoms with Crippen LogP contribution in [-0.2, 0) is 11.2 Å². The number of thioether (sulfide) groups is 1. The normalized spacial score (nSPS) is 20.0. The Morgan fingerprint density at radius 1 is 1.36 bits per heavy atom. The van der Waals surface area contributed by atoms with Crippen LogP contribution in [0.25, 0.3) is 0 Å². The first kappa shape index (κ1) is 14.9. The summed E-state index contributed by atoms with van der Waals surface area (Å²) in [4.78, 5) is 11.9. The van der Waals surface area contributed by atoms with Gasteiger partial charge in [0.2, 0.25) is 5.91 Å². The fourth-order valence-corrected chi connectivity index (χ4v) is 3.15. The van der Waals surface area contributed by atoms with Crippen LogP contribution in [0.4, 0.5) is 0 Å². The summed E-state index contributed by atoms with van der Waals surface area (Å²) in [5, 5.41) is 11.5. The molecule has 1 atom stereocenters. The van der Waals surface area contributed by atoms with Gasteiger partial charge in [0, 0.05) is 5.02 Å². The average molecular weight is 334 g/mol. The van der Waals surface area contributed by atoms with Gasteiger partial charge in [-0.15, -0.1) is 5.10 Å². The summed E-state index contributed by atoms with van der Waals surface area (Å²) in [5.41, 5.74) is 1.01. The first-order valence-electron chi connectivity index (χ1n) is 6.57. The van der Waals surface area contributed by atoms with Crippen LogP contribution in [0.15, 0.2) is 57.3 Å². The van der Waals surface area contributed by atoms with Gasteiger partial charge < -0.3 is 9.73 Å². The molecular weight excluding hydrogens is 322 g/mol. The zero-order valence-electron chi connectivity index (χ0n) is 11.4. The number of hydrogen-bond acceptors (Lipinski definition) is 5. The lowest BCUT2D eigenvalue weighted by atomic mass is 10.1. The minimum Gasteiger partial charge on any atom is -0.463 e. The molecule has 1 N–H and O–H groups in total. The van der Waals surface area contributed by atoms with Crippen LogP contribution in [0.5, 0.6) is 0 Å². The van der Waals surface area contributed by atoms with E-state index in [0.29, 0.717) is 22.4 Å². The number of furan rings is 1. The number of nitrogens with one attached hydrogen (secondary N) is 1. The highest BCUT2D eigenvalue weighted by Gasteiger charge is 2.30. The fraction of sp³-hybridized carbons (Fsp3) is 0.133. The third-order valence-electron chi connectivity index (χ3n) is 2.96. The topological polar surface area (TPSA) is 67.0 Å². The number of amides is 1. The Morgan fingerprint density at radius 3 is 3.05 bits per heavy atom. The molecule has 0 saturated carbocycles. The van der Waals surface area contributed by atoms with Crippen molar-refractivity contribution in [3.05, 3.63) is 59.0 Å². The largest absolute Gasteiger partial charge is 0.463 e. The van der Waals surface area contributed by atoms with Crippen molar-refractivity contribution in [1.82, 2.24) is 5.32 Å². The van der Waals surface area contributed by atoms with E-state index < -0.39 is 0 Å². The van der Waals surface area contributed by atoms with Crippen molar-refractivity contribution in [2.75, 3.05) is 0 Å². The van der Waals surface area contributed by atoms with Crippen LogP contribution in [-0.4, -0.2) is 22.5 Å². The molecule has 1 aromatic heterocycles. The third kappa shape index (κ3) is 3.78. The molecular formula is C15H12ClN3O2S. The molecule has 0 spiro atoms. The molecule has 1 fully saturated rings. The molecule has 1 aliphatic rings. The molecule has 1 aromatic carbocycles. The summed E-state index contributed by atoms with van der Waals surface area (Å²) < 4.78 is 5.11. The molecule has 2 aromatic rings. The Hall–Kier alpha value is -2.05. The molecule has 1 unspecified atom stereocenters. The van der Waals surface area contributed by atoms with Crippen molar-refractivity contribution in [3.8, 4) is 0 Å². The van der Waals surface area contributed by atoms with Gasteiger partial charge in [-0.1, -0.05) is 35.5 Å². The predicted molar refractivity (Wildman–Crippen MR) is 88.4 cm³/mol. The lowest BCUT2D eigenvalue weighted by Gasteiger charge is -2.05. The minimum absolute atomic E-state index is 0.0723. The van der Waals surface area contributed by atoms with Gasteiger partial charge in [0.15, 0.2) is 5.17 Å².